The van der Waals surface area contributed by atoms with Crippen molar-refractivity contribution in [1.82, 2.24) is 15.0 Å². The van der Waals surface area contributed by atoms with Gasteiger partial charge in [0.25, 0.3) is 0 Å². The summed E-state index contributed by atoms with van der Waals surface area (Å²) in [7, 11) is -3.76. The molecule has 0 radical (unpaired) electrons. The number of nitrogens with zero attached hydrogens (tertiary/aromatic N) is 3. The fourth-order valence-electron chi connectivity index (χ4n) is 1.98. The monoisotopic (exact) mass is 346 g/mol. The summed E-state index contributed by atoms with van der Waals surface area (Å²) in [6.07, 6.45) is 2.99. The van der Waals surface area contributed by atoms with Crippen molar-refractivity contribution in [3.63, 3.8) is 0 Å². The molecule has 6 nitrogen and oxygen atoms in total. The van der Waals surface area contributed by atoms with Gasteiger partial charge in [0.15, 0.2) is 5.03 Å². The van der Waals surface area contributed by atoms with Gasteiger partial charge in [-0.25, -0.2) is 23.4 Å². The number of hydrogen-bond donors (Lipinski definition) is 1. The van der Waals surface area contributed by atoms with Crippen LogP contribution in [0.5, 0.6) is 0 Å². The predicted molar refractivity (Wildman–Crippen MR) is 86.6 cm³/mol. The number of hydrogen-bond acceptors (Lipinski definition) is 6. The van der Waals surface area contributed by atoms with Crippen molar-refractivity contribution < 1.29 is 8.42 Å². The molecule has 116 valence electrons. The van der Waals surface area contributed by atoms with E-state index in [9.17, 15) is 8.42 Å². The maximum absolute atomic E-state index is 12.7. The summed E-state index contributed by atoms with van der Waals surface area (Å²) in [6.45, 7) is 0. The largest absolute Gasteiger partial charge is 0.368 e. The van der Waals surface area contributed by atoms with Gasteiger partial charge in [0, 0.05) is 18.0 Å². The highest BCUT2D eigenvalue weighted by atomic mass is 35.5. The Labute approximate surface area is 137 Å². The lowest BCUT2D eigenvalue weighted by molar-refractivity contribution is 0.592. The van der Waals surface area contributed by atoms with Crippen LogP contribution in [0.4, 0.5) is 5.95 Å². The Morgan fingerprint density at radius 1 is 0.957 bits per heavy atom. The highest BCUT2D eigenvalue weighted by Gasteiger charge is 2.20. The number of nitrogen functional groups attached to an aromatic ring is 1. The van der Waals surface area contributed by atoms with E-state index in [1.54, 1.807) is 24.3 Å². The summed E-state index contributed by atoms with van der Waals surface area (Å²) in [5.41, 5.74) is 6.59. The Balaban J connectivity index is 2.13. The molecule has 0 aliphatic heterocycles. The normalized spacial score (nSPS) is 11.3. The van der Waals surface area contributed by atoms with Crippen LogP contribution >= 0.6 is 11.6 Å². The molecule has 23 heavy (non-hydrogen) atoms. The van der Waals surface area contributed by atoms with Crippen LogP contribution in [0.15, 0.2) is 64.8 Å². The lowest BCUT2D eigenvalue weighted by Crippen LogP contribution is -2.05. The van der Waals surface area contributed by atoms with Gasteiger partial charge in [0.1, 0.15) is 5.15 Å². The van der Waals surface area contributed by atoms with Gasteiger partial charge < -0.3 is 5.73 Å². The molecule has 0 fully saturated rings. The van der Waals surface area contributed by atoms with E-state index in [0.717, 1.165) is 0 Å². The molecule has 2 heterocycles. The number of nitrogens with two attached hydrogens (primary N) is 1. The van der Waals surface area contributed by atoms with Crippen molar-refractivity contribution in [2.45, 2.75) is 9.92 Å². The number of aromatic nitrogens is 3. The van der Waals surface area contributed by atoms with Crippen molar-refractivity contribution in [2.24, 2.45) is 0 Å². The Bertz CT molecular complexity index is 945. The number of pyridine rings is 1. The van der Waals surface area contributed by atoms with E-state index < -0.39 is 9.84 Å². The van der Waals surface area contributed by atoms with Crippen LogP contribution in [0, 0.1) is 0 Å². The van der Waals surface area contributed by atoms with E-state index in [1.807, 2.05) is 0 Å². The quantitative estimate of drug-likeness (QED) is 0.732. The summed E-state index contributed by atoms with van der Waals surface area (Å²) in [5, 5.41) is -0.0724. The molecule has 3 aromatic rings. The maximum Gasteiger partial charge on any atom is 0.223 e. The molecule has 0 bridgehead atoms. The van der Waals surface area contributed by atoms with E-state index in [2.05, 4.69) is 15.0 Å². The third-order valence-corrected chi connectivity index (χ3v) is 4.95. The van der Waals surface area contributed by atoms with Crippen LogP contribution in [-0.2, 0) is 9.84 Å². The number of rotatable bonds is 3. The first-order chi connectivity index (χ1) is 11.0. The molecular weight excluding hydrogens is 336 g/mol. The highest BCUT2D eigenvalue weighted by Crippen LogP contribution is 2.27. The van der Waals surface area contributed by atoms with Gasteiger partial charge in [0.2, 0.25) is 15.8 Å². The van der Waals surface area contributed by atoms with Crippen LogP contribution in [0.1, 0.15) is 0 Å². The zero-order valence-electron chi connectivity index (χ0n) is 11.7. The van der Waals surface area contributed by atoms with Gasteiger partial charge in [-0.1, -0.05) is 29.8 Å². The Kier molecular flexibility index (Phi) is 3.97. The van der Waals surface area contributed by atoms with E-state index in [4.69, 9.17) is 17.3 Å². The first-order valence-electron chi connectivity index (χ1n) is 6.52. The molecule has 0 amide bonds. The molecule has 8 heteroatoms. The van der Waals surface area contributed by atoms with E-state index >= 15 is 0 Å². The molecule has 3 rings (SSSR count). The third kappa shape index (κ3) is 3.15. The minimum Gasteiger partial charge on any atom is -0.368 e. The average molecular weight is 347 g/mol. The molecule has 0 aliphatic rings. The third-order valence-electron chi connectivity index (χ3n) is 3.10. The van der Waals surface area contributed by atoms with Gasteiger partial charge in [-0.3, -0.25) is 0 Å². The average Bonchev–Trinajstić information content (AvgIpc) is 2.56. The van der Waals surface area contributed by atoms with Gasteiger partial charge in [-0.05, 0) is 29.8 Å². The Morgan fingerprint density at radius 2 is 1.61 bits per heavy atom. The number of anilines is 1. The van der Waals surface area contributed by atoms with Crippen molar-refractivity contribution in [1.29, 1.82) is 0 Å². The predicted octanol–water partition coefficient (Wildman–Crippen LogP) is 2.61. The van der Waals surface area contributed by atoms with Gasteiger partial charge in [0.05, 0.1) is 4.90 Å². The first-order valence-corrected chi connectivity index (χ1v) is 8.38. The van der Waals surface area contributed by atoms with Crippen molar-refractivity contribution >= 4 is 27.4 Å². The standard InChI is InChI=1S/C15H11ClN4O2S/c16-13-6-10(11-8-18-15(17)19-9-11)7-14(20-13)23(21,22)12-4-2-1-3-5-12/h1-9H,(H2,17,18,19). The summed E-state index contributed by atoms with van der Waals surface area (Å²) < 4.78 is 25.3. The lowest BCUT2D eigenvalue weighted by Gasteiger charge is -2.07. The highest BCUT2D eigenvalue weighted by molar-refractivity contribution is 7.91. The smallest absolute Gasteiger partial charge is 0.223 e. The minimum atomic E-state index is -3.76. The van der Waals surface area contributed by atoms with E-state index in [1.165, 1.54) is 30.6 Å². The topological polar surface area (TPSA) is 98.8 Å². The molecule has 0 saturated heterocycles. The fraction of sp³-hybridized carbons (Fsp3) is 0. The van der Waals surface area contributed by atoms with Gasteiger partial charge in [-0.2, -0.15) is 0 Å². The second-order valence-corrected chi connectivity index (χ2v) is 6.95. The zero-order valence-corrected chi connectivity index (χ0v) is 13.3. The van der Waals surface area contributed by atoms with Crippen molar-refractivity contribution in [3.05, 3.63) is 60.0 Å². The van der Waals surface area contributed by atoms with E-state index in [-0.39, 0.29) is 21.0 Å². The first kappa shape index (κ1) is 15.4. The Morgan fingerprint density at radius 3 is 2.26 bits per heavy atom. The minimum absolute atomic E-state index is 0.0637. The molecular formula is C15H11ClN4O2S. The summed E-state index contributed by atoms with van der Waals surface area (Å²) >= 11 is 5.98. The maximum atomic E-state index is 12.7. The molecule has 0 atom stereocenters. The van der Waals surface area contributed by atoms with E-state index in [0.29, 0.717) is 11.1 Å². The van der Waals surface area contributed by atoms with Crippen LogP contribution in [0.25, 0.3) is 11.1 Å². The van der Waals surface area contributed by atoms with Crippen LogP contribution < -0.4 is 5.73 Å². The Hall–Kier alpha value is -2.51. The number of sulfone groups is 1. The molecule has 2 N–H and O–H groups in total. The summed E-state index contributed by atoms with van der Waals surface area (Å²) in [4.78, 5) is 11.9. The SMILES string of the molecule is Nc1ncc(-c2cc(Cl)nc(S(=O)(=O)c3ccccc3)c2)cn1. The molecule has 0 unspecified atom stereocenters. The molecule has 0 aliphatic carbocycles. The van der Waals surface area contributed by atoms with Crippen molar-refractivity contribution in [2.75, 3.05) is 5.73 Å². The second-order valence-electron chi connectivity index (χ2n) is 4.66. The van der Waals surface area contributed by atoms with Crippen LogP contribution in [0.2, 0.25) is 5.15 Å². The summed E-state index contributed by atoms with van der Waals surface area (Å²) in [5.74, 6) is 0.131. The molecule has 0 saturated carbocycles. The number of halogens is 1. The fourth-order valence-corrected chi connectivity index (χ4v) is 3.50. The molecule has 1 aromatic carbocycles. The second kappa shape index (κ2) is 5.94. The van der Waals surface area contributed by atoms with Crippen LogP contribution in [0.3, 0.4) is 0 Å². The zero-order chi connectivity index (χ0) is 16.4. The summed E-state index contributed by atoms with van der Waals surface area (Å²) in [6, 6.07) is 11.0. The van der Waals surface area contributed by atoms with Crippen molar-refractivity contribution in [3.8, 4) is 11.1 Å². The van der Waals surface area contributed by atoms with Crippen LogP contribution in [-0.4, -0.2) is 23.4 Å². The van der Waals surface area contributed by atoms with Gasteiger partial charge in [-0.15, -0.1) is 0 Å². The molecule has 0 spiro atoms. The lowest BCUT2D eigenvalue weighted by atomic mass is 10.1. The molecule has 2 aromatic heterocycles. The number of benzene rings is 1. The van der Waals surface area contributed by atoms with Gasteiger partial charge >= 0.3 is 0 Å².